The Labute approximate surface area is 123 Å². The maximum absolute atomic E-state index is 11.0. The highest BCUT2D eigenvalue weighted by Gasteiger charge is 2.11. The van der Waals surface area contributed by atoms with Gasteiger partial charge in [0.1, 0.15) is 11.6 Å². The summed E-state index contributed by atoms with van der Waals surface area (Å²) in [5, 5.41) is 17.0. The molecule has 0 unspecified atom stereocenters. The number of hydrogen-bond donors (Lipinski definition) is 2. The monoisotopic (exact) mass is 286 g/mol. The first kappa shape index (κ1) is 14.8. The third-order valence-electron chi connectivity index (χ3n) is 3.08. The fourth-order valence-corrected chi connectivity index (χ4v) is 2.08. The topological polar surface area (TPSA) is 80.1 Å². The first-order valence-corrected chi connectivity index (χ1v) is 6.83. The molecule has 21 heavy (non-hydrogen) atoms. The van der Waals surface area contributed by atoms with E-state index in [2.05, 4.69) is 22.5 Å². The summed E-state index contributed by atoms with van der Waals surface area (Å²) in [7, 11) is 1.68. The van der Waals surface area contributed by atoms with Crippen LogP contribution in [0.15, 0.2) is 36.4 Å². The van der Waals surface area contributed by atoms with Crippen molar-refractivity contribution in [2.45, 2.75) is 19.8 Å². The van der Waals surface area contributed by atoms with E-state index in [0.29, 0.717) is 11.6 Å². The minimum Gasteiger partial charge on any atom is -0.373 e. The summed E-state index contributed by atoms with van der Waals surface area (Å²) in [5.74, 6) is 0.914. The molecule has 0 aliphatic heterocycles. The number of nitrogens with zero attached hydrogens (tertiary/aromatic N) is 2. The van der Waals surface area contributed by atoms with Gasteiger partial charge in [-0.05, 0) is 18.1 Å². The fraction of sp³-hybridized carbons (Fsp3) is 0.267. The van der Waals surface area contributed by atoms with E-state index in [4.69, 9.17) is 0 Å². The van der Waals surface area contributed by atoms with E-state index < -0.39 is 4.92 Å². The first-order chi connectivity index (χ1) is 10.1. The Morgan fingerprint density at radius 2 is 1.95 bits per heavy atom. The van der Waals surface area contributed by atoms with Gasteiger partial charge in [-0.3, -0.25) is 10.1 Å². The molecular formula is C15H18N4O2. The van der Waals surface area contributed by atoms with Crippen LogP contribution in [0.3, 0.4) is 0 Å². The second-order valence-corrected chi connectivity index (χ2v) is 4.64. The highest BCUT2D eigenvalue weighted by molar-refractivity contribution is 5.64. The van der Waals surface area contributed by atoms with Crippen LogP contribution in [0, 0.1) is 10.1 Å². The van der Waals surface area contributed by atoms with E-state index in [0.717, 1.165) is 18.5 Å². The van der Waals surface area contributed by atoms with Crippen molar-refractivity contribution in [3.63, 3.8) is 0 Å². The van der Waals surface area contributed by atoms with Crippen molar-refractivity contribution < 1.29 is 4.92 Å². The number of para-hydroxylation sites is 1. The second-order valence-electron chi connectivity index (χ2n) is 4.64. The zero-order valence-corrected chi connectivity index (χ0v) is 12.1. The van der Waals surface area contributed by atoms with Crippen molar-refractivity contribution in [1.82, 2.24) is 4.98 Å². The molecule has 0 radical (unpaired) electrons. The molecule has 2 rings (SSSR count). The molecule has 0 saturated carbocycles. The van der Waals surface area contributed by atoms with Gasteiger partial charge in [0, 0.05) is 12.7 Å². The van der Waals surface area contributed by atoms with Crippen LogP contribution in [0.2, 0.25) is 0 Å². The average Bonchev–Trinajstić information content (AvgIpc) is 2.49. The molecule has 1 aromatic carbocycles. The lowest BCUT2D eigenvalue weighted by Gasteiger charge is -2.11. The van der Waals surface area contributed by atoms with Gasteiger partial charge in [-0.25, -0.2) is 4.98 Å². The molecule has 0 bridgehead atoms. The van der Waals surface area contributed by atoms with E-state index >= 15 is 0 Å². The standard InChI is InChI=1S/C15H18N4O2/c1-3-6-11-7-4-5-8-13(11)17-15-10-12(19(20)21)9-14(16-2)18-15/h4-5,7-10H,3,6H2,1-2H3,(H2,16,17,18). The summed E-state index contributed by atoms with van der Waals surface area (Å²) in [4.78, 5) is 14.8. The van der Waals surface area contributed by atoms with Crippen LogP contribution < -0.4 is 10.6 Å². The van der Waals surface area contributed by atoms with Crippen molar-refractivity contribution in [2.24, 2.45) is 0 Å². The molecule has 2 N–H and O–H groups in total. The number of benzene rings is 1. The van der Waals surface area contributed by atoms with E-state index in [-0.39, 0.29) is 5.69 Å². The molecule has 0 fully saturated rings. The number of aryl methyl sites for hydroxylation is 1. The van der Waals surface area contributed by atoms with Crippen LogP contribution in [-0.4, -0.2) is 17.0 Å². The molecule has 0 aliphatic rings. The summed E-state index contributed by atoms with van der Waals surface area (Å²) in [6, 6.07) is 10.7. The van der Waals surface area contributed by atoms with Crippen molar-refractivity contribution >= 4 is 23.0 Å². The number of nitro groups is 1. The summed E-state index contributed by atoms with van der Waals surface area (Å²) in [6.07, 6.45) is 1.97. The van der Waals surface area contributed by atoms with Crippen molar-refractivity contribution in [2.75, 3.05) is 17.7 Å². The molecule has 0 saturated heterocycles. The SMILES string of the molecule is CCCc1ccccc1Nc1cc([N+](=O)[O-])cc(NC)n1. The molecular weight excluding hydrogens is 268 g/mol. The van der Waals surface area contributed by atoms with Crippen LogP contribution >= 0.6 is 0 Å². The van der Waals surface area contributed by atoms with Crippen LogP contribution in [0.5, 0.6) is 0 Å². The lowest BCUT2D eigenvalue weighted by atomic mass is 10.1. The van der Waals surface area contributed by atoms with Gasteiger partial charge in [0.2, 0.25) is 0 Å². The molecule has 6 heteroatoms. The number of rotatable bonds is 6. The maximum Gasteiger partial charge on any atom is 0.276 e. The van der Waals surface area contributed by atoms with Gasteiger partial charge in [0.15, 0.2) is 0 Å². The molecule has 2 aromatic rings. The molecule has 1 heterocycles. The highest BCUT2D eigenvalue weighted by atomic mass is 16.6. The highest BCUT2D eigenvalue weighted by Crippen LogP contribution is 2.25. The summed E-state index contributed by atoms with van der Waals surface area (Å²) in [5.41, 5.74) is 2.10. The van der Waals surface area contributed by atoms with Gasteiger partial charge in [0.25, 0.3) is 5.69 Å². The van der Waals surface area contributed by atoms with E-state index in [1.54, 1.807) is 7.05 Å². The summed E-state index contributed by atoms with van der Waals surface area (Å²) >= 11 is 0. The van der Waals surface area contributed by atoms with Crippen LogP contribution in [-0.2, 0) is 6.42 Å². The molecule has 0 atom stereocenters. The normalized spacial score (nSPS) is 10.2. The van der Waals surface area contributed by atoms with Crippen LogP contribution in [0.1, 0.15) is 18.9 Å². The molecule has 110 valence electrons. The molecule has 1 aromatic heterocycles. The summed E-state index contributed by atoms with van der Waals surface area (Å²) < 4.78 is 0. The van der Waals surface area contributed by atoms with Crippen molar-refractivity contribution in [3.05, 3.63) is 52.1 Å². The van der Waals surface area contributed by atoms with Gasteiger partial charge in [-0.15, -0.1) is 0 Å². The van der Waals surface area contributed by atoms with E-state index in [1.165, 1.54) is 17.7 Å². The first-order valence-electron chi connectivity index (χ1n) is 6.83. The smallest absolute Gasteiger partial charge is 0.276 e. The fourth-order valence-electron chi connectivity index (χ4n) is 2.08. The lowest BCUT2D eigenvalue weighted by molar-refractivity contribution is -0.384. The van der Waals surface area contributed by atoms with E-state index in [9.17, 15) is 10.1 Å². The Morgan fingerprint density at radius 3 is 2.62 bits per heavy atom. The number of anilines is 3. The summed E-state index contributed by atoms with van der Waals surface area (Å²) in [6.45, 7) is 2.11. The number of nitrogens with one attached hydrogen (secondary N) is 2. The van der Waals surface area contributed by atoms with Crippen LogP contribution in [0.25, 0.3) is 0 Å². The minimum atomic E-state index is -0.425. The lowest BCUT2D eigenvalue weighted by Crippen LogP contribution is -2.02. The molecule has 0 amide bonds. The number of hydrogen-bond acceptors (Lipinski definition) is 5. The molecule has 0 spiro atoms. The zero-order valence-electron chi connectivity index (χ0n) is 12.1. The van der Waals surface area contributed by atoms with Crippen LogP contribution in [0.4, 0.5) is 23.0 Å². The third-order valence-corrected chi connectivity index (χ3v) is 3.08. The van der Waals surface area contributed by atoms with Gasteiger partial charge in [-0.1, -0.05) is 31.5 Å². The average molecular weight is 286 g/mol. The maximum atomic E-state index is 11.0. The van der Waals surface area contributed by atoms with Gasteiger partial charge >= 0.3 is 0 Å². The molecule has 6 nitrogen and oxygen atoms in total. The Balaban J connectivity index is 2.35. The third kappa shape index (κ3) is 3.68. The molecule has 0 aliphatic carbocycles. The second kappa shape index (κ2) is 6.69. The number of aromatic nitrogens is 1. The van der Waals surface area contributed by atoms with Gasteiger partial charge in [-0.2, -0.15) is 0 Å². The Morgan fingerprint density at radius 1 is 1.24 bits per heavy atom. The Hall–Kier alpha value is -2.63. The Kier molecular flexibility index (Phi) is 4.71. The van der Waals surface area contributed by atoms with Gasteiger partial charge < -0.3 is 10.6 Å². The van der Waals surface area contributed by atoms with Crippen molar-refractivity contribution in [3.8, 4) is 0 Å². The minimum absolute atomic E-state index is 0.00447. The number of pyridine rings is 1. The predicted molar refractivity (Wildman–Crippen MR) is 84.2 cm³/mol. The zero-order chi connectivity index (χ0) is 15.2. The van der Waals surface area contributed by atoms with Gasteiger partial charge in [0.05, 0.1) is 17.1 Å². The quantitative estimate of drug-likeness (QED) is 0.624. The predicted octanol–water partition coefficient (Wildman–Crippen LogP) is 3.73. The van der Waals surface area contributed by atoms with Crippen molar-refractivity contribution in [1.29, 1.82) is 0 Å². The Bertz CT molecular complexity index is 643. The van der Waals surface area contributed by atoms with E-state index in [1.807, 2.05) is 24.3 Å². The largest absolute Gasteiger partial charge is 0.373 e.